The Balaban J connectivity index is 1.91. The van der Waals surface area contributed by atoms with Crippen LogP contribution in [0.4, 0.5) is 5.69 Å². The molecule has 180 valence electrons. The van der Waals surface area contributed by atoms with Gasteiger partial charge < -0.3 is 19.1 Å². The predicted octanol–water partition coefficient (Wildman–Crippen LogP) is 4.25. The molecule has 7 heteroatoms. The molecular formula is C29H23NO6. The lowest BCUT2D eigenvalue weighted by Crippen LogP contribution is -2.57. The van der Waals surface area contributed by atoms with Crippen LogP contribution >= 0.6 is 0 Å². The van der Waals surface area contributed by atoms with Crippen molar-refractivity contribution in [2.75, 3.05) is 19.1 Å². The van der Waals surface area contributed by atoms with Crippen LogP contribution in [0.3, 0.4) is 0 Å². The maximum Gasteiger partial charge on any atom is 0.355 e. The van der Waals surface area contributed by atoms with Gasteiger partial charge >= 0.3 is 11.9 Å². The standard InChI is InChI=1S/C29H23NO6/c1-34-27(32)24-25(28(33)35-2)30-22-16-10-9-11-19(22)17-18-23(30)36-29(24,21-14-7-4-8-15-21)26(31)20-12-5-3-6-13-20/h3-18,23H,1-2H3. The van der Waals surface area contributed by atoms with E-state index in [2.05, 4.69) is 0 Å². The summed E-state index contributed by atoms with van der Waals surface area (Å²) < 4.78 is 16.9. The van der Waals surface area contributed by atoms with E-state index in [1.165, 1.54) is 14.2 Å². The van der Waals surface area contributed by atoms with Crippen molar-refractivity contribution in [3.63, 3.8) is 0 Å². The number of benzene rings is 3. The number of hydrogen-bond donors (Lipinski definition) is 0. The smallest absolute Gasteiger partial charge is 0.355 e. The van der Waals surface area contributed by atoms with Gasteiger partial charge in [-0.3, -0.25) is 4.79 Å². The van der Waals surface area contributed by atoms with Crippen molar-refractivity contribution in [2.45, 2.75) is 11.8 Å². The molecule has 5 rings (SSSR count). The lowest BCUT2D eigenvalue weighted by Gasteiger charge is -2.48. The van der Waals surface area contributed by atoms with Gasteiger partial charge in [0.05, 0.1) is 19.9 Å². The molecule has 3 aromatic rings. The Morgan fingerprint density at radius 3 is 2.08 bits per heavy atom. The van der Waals surface area contributed by atoms with Crippen LogP contribution in [0.5, 0.6) is 0 Å². The Morgan fingerprint density at radius 1 is 0.806 bits per heavy atom. The number of nitrogens with zero attached hydrogens (tertiary/aromatic N) is 1. The first kappa shape index (κ1) is 23.3. The van der Waals surface area contributed by atoms with Gasteiger partial charge in [0.25, 0.3) is 0 Å². The van der Waals surface area contributed by atoms with Crippen LogP contribution in [0.25, 0.3) is 6.08 Å². The summed E-state index contributed by atoms with van der Waals surface area (Å²) in [4.78, 5) is 42.9. The molecule has 36 heavy (non-hydrogen) atoms. The van der Waals surface area contributed by atoms with E-state index >= 15 is 0 Å². The number of carbonyl (C=O) groups is 3. The second kappa shape index (κ2) is 9.28. The summed E-state index contributed by atoms with van der Waals surface area (Å²) in [6.07, 6.45) is 2.71. The van der Waals surface area contributed by atoms with Crippen molar-refractivity contribution < 1.29 is 28.6 Å². The third-order valence-corrected chi connectivity index (χ3v) is 6.32. The van der Waals surface area contributed by atoms with E-state index < -0.39 is 29.6 Å². The van der Waals surface area contributed by atoms with Crippen LogP contribution in [-0.2, 0) is 29.4 Å². The second-order valence-electron chi connectivity index (χ2n) is 8.25. The predicted molar refractivity (Wildman–Crippen MR) is 133 cm³/mol. The number of Topliss-reactive ketones (excluding diaryl/α,β-unsaturated/α-hetero) is 1. The summed E-state index contributed by atoms with van der Waals surface area (Å²) in [5, 5.41) is 0. The molecule has 2 atom stereocenters. The van der Waals surface area contributed by atoms with E-state index in [1.807, 2.05) is 30.3 Å². The molecule has 0 fully saturated rings. The highest BCUT2D eigenvalue weighted by Gasteiger charge is 2.58. The van der Waals surface area contributed by atoms with Crippen LogP contribution in [0, 0.1) is 0 Å². The SMILES string of the molecule is COC(=O)C1=C(C(=O)OC)C(C(=O)c2ccccc2)(c2ccccc2)OC2C=Cc3ccccc3N12. The minimum Gasteiger partial charge on any atom is -0.465 e. The van der Waals surface area contributed by atoms with E-state index in [9.17, 15) is 14.4 Å². The first-order valence-corrected chi connectivity index (χ1v) is 11.3. The number of rotatable bonds is 5. The van der Waals surface area contributed by atoms with Gasteiger partial charge in [0, 0.05) is 5.56 Å². The zero-order valence-corrected chi connectivity index (χ0v) is 19.7. The maximum absolute atomic E-state index is 14.4. The Hall–Kier alpha value is -4.49. The van der Waals surface area contributed by atoms with Gasteiger partial charge in [-0.25, -0.2) is 9.59 Å². The third kappa shape index (κ3) is 3.52. The van der Waals surface area contributed by atoms with E-state index in [-0.39, 0.29) is 11.3 Å². The molecule has 7 nitrogen and oxygen atoms in total. The Morgan fingerprint density at radius 2 is 1.42 bits per heavy atom. The minimum atomic E-state index is -1.99. The number of carbonyl (C=O) groups excluding carboxylic acids is 3. The van der Waals surface area contributed by atoms with E-state index in [0.29, 0.717) is 16.8 Å². The molecule has 0 spiro atoms. The van der Waals surface area contributed by atoms with Gasteiger partial charge in [-0.15, -0.1) is 0 Å². The van der Waals surface area contributed by atoms with Gasteiger partial charge in [0.2, 0.25) is 5.78 Å². The van der Waals surface area contributed by atoms with Crippen molar-refractivity contribution >= 4 is 29.5 Å². The van der Waals surface area contributed by atoms with Gasteiger partial charge in [-0.2, -0.15) is 0 Å². The average molecular weight is 482 g/mol. The normalized spacial score (nSPS) is 20.3. The molecule has 2 aliphatic heterocycles. The van der Waals surface area contributed by atoms with Crippen LogP contribution in [-0.4, -0.2) is 38.2 Å². The van der Waals surface area contributed by atoms with Crippen LogP contribution in [0.15, 0.2) is 102 Å². The lowest BCUT2D eigenvalue weighted by molar-refractivity contribution is -0.145. The lowest BCUT2D eigenvalue weighted by atomic mass is 9.76. The van der Waals surface area contributed by atoms with Crippen LogP contribution in [0.1, 0.15) is 21.5 Å². The maximum atomic E-state index is 14.4. The Bertz CT molecular complexity index is 1400. The van der Waals surface area contributed by atoms with Gasteiger partial charge in [0.1, 0.15) is 11.3 Å². The average Bonchev–Trinajstić information content (AvgIpc) is 2.95. The molecule has 0 amide bonds. The van der Waals surface area contributed by atoms with Crippen molar-refractivity contribution in [3.8, 4) is 0 Å². The summed E-state index contributed by atoms with van der Waals surface area (Å²) >= 11 is 0. The molecular weight excluding hydrogens is 458 g/mol. The molecule has 0 saturated heterocycles. The monoisotopic (exact) mass is 481 g/mol. The van der Waals surface area contributed by atoms with E-state index in [4.69, 9.17) is 14.2 Å². The van der Waals surface area contributed by atoms with Crippen molar-refractivity contribution in [2.24, 2.45) is 0 Å². The van der Waals surface area contributed by atoms with Crippen molar-refractivity contribution in [1.82, 2.24) is 0 Å². The highest BCUT2D eigenvalue weighted by molar-refractivity contribution is 6.15. The zero-order chi connectivity index (χ0) is 25.3. The third-order valence-electron chi connectivity index (χ3n) is 6.32. The van der Waals surface area contributed by atoms with Gasteiger partial charge in [0.15, 0.2) is 11.8 Å². The summed E-state index contributed by atoms with van der Waals surface area (Å²) in [6, 6.07) is 24.5. The highest BCUT2D eigenvalue weighted by Crippen LogP contribution is 2.48. The van der Waals surface area contributed by atoms with E-state index in [0.717, 1.165) is 5.56 Å². The van der Waals surface area contributed by atoms with Crippen LogP contribution < -0.4 is 4.90 Å². The molecule has 2 heterocycles. The molecule has 2 unspecified atom stereocenters. The Kier molecular flexibility index (Phi) is 6.00. The molecule has 2 aliphatic rings. The van der Waals surface area contributed by atoms with Gasteiger partial charge in [-0.1, -0.05) is 84.9 Å². The number of fused-ring (bicyclic) bond motifs is 3. The summed E-state index contributed by atoms with van der Waals surface area (Å²) in [5.74, 6) is -2.19. The quantitative estimate of drug-likeness (QED) is 0.398. The summed E-state index contributed by atoms with van der Waals surface area (Å²) in [5.41, 5.74) is -0.237. The number of esters is 2. The fraction of sp³-hybridized carbons (Fsp3) is 0.138. The second-order valence-corrected chi connectivity index (χ2v) is 8.25. The van der Waals surface area contributed by atoms with Crippen LogP contribution in [0.2, 0.25) is 0 Å². The number of ether oxygens (including phenoxy) is 3. The molecule has 0 saturated carbocycles. The molecule has 0 aromatic heterocycles. The van der Waals surface area contributed by atoms with E-state index in [1.54, 1.807) is 71.6 Å². The highest BCUT2D eigenvalue weighted by atomic mass is 16.6. The molecule has 0 N–H and O–H groups in total. The first-order valence-electron chi connectivity index (χ1n) is 11.3. The molecule has 0 radical (unpaired) electrons. The Labute approximate surface area is 208 Å². The topological polar surface area (TPSA) is 82.1 Å². The fourth-order valence-electron chi connectivity index (χ4n) is 4.74. The fourth-order valence-corrected chi connectivity index (χ4v) is 4.74. The van der Waals surface area contributed by atoms with Gasteiger partial charge in [-0.05, 0) is 23.3 Å². The number of para-hydroxylation sites is 1. The molecule has 0 bridgehead atoms. The minimum absolute atomic E-state index is 0.120. The number of methoxy groups -OCH3 is 2. The molecule has 3 aromatic carbocycles. The van der Waals surface area contributed by atoms with Crippen molar-refractivity contribution in [1.29, 1.82) is 0 Å². The summed E-state index contributed by atoms with van der Waals surface area (Å²) in [7, 11) is 2.42. The first-order chi connectivity index (χ1) is 17.5. The number of anilines is 1. The number of ketones is 1. The summed E-state index contributed by atoms with van der Waals surface area (Å²) in [6.45, 7) is 0. The zero-order valence-electron chi connectivity index (χ0n) is 19.7. The molecule has 0 aliphatic carbocycles. The largest absolute Gasteiger partial charge is 0.465 e. The van der Waals surface area contributed by atoms with Crippen molar-refractivity contribution in [3.05, 3.63) is 119 Å². The number of hydrogen-bond acceptors (Lipinski definition) is 7.